The Morgan fingerprint density at radius 2 is 0.740 bits per heavy atom. The van der Waals surface area contributed by atoms with E-state index < -0.39 is 5.41 Å². The molecule has 0 amide bonds. The van der Waals surface area contributed by atoms with Crippen molar-refractivity contribution in [3.8, 4) is 56.5 Å². The molecule has 8 aromatic rings. The first-order chi connectivity index (χ1) is 24.8. The summed E-state index contributed by atoms with van der Waals surface area (Å²) in [4.78, 5) is 25.5. The maximum atomic E-state index is 6.60. The normalized spacial score (nSPS) is 12.7. The highest BCUT2D eigenvalue weighted by Gasteiger charge is 2.45. The molecule has 7 nitrogen and oxygen atoms in total. The van der Waals surface area contributed by atoms with E-state index in [9.17, 15) is 0 Å². The second-order valence-corrected chi connectivity index (χ2v) is 12.1. The van der Waals surface area contributed by atoms with Gasteiger partial charge in [-0.15, -0.1) is 0 Å². The van der Waals surface area contributed by atoms with Gasteiger partial charge in [0.05, 0.1) is 5.41 Å². The molecule has 1 aliphatic heterocycles. The van der Waals surface area contributed by atoms with E-state index in [1.165, 1.54) is 25.3 Å². The van der Waals surface area contributed by atoms with Crippen LogP contribution < -0.4 is 4.74 Å². The molecule has 50 heavy (non-hydrogen) atoms. The Kier molecular flexibility index (Phi) is 7.21. The zero-order chi connectivity index (χ0) is 33.3. The lowest BCUT2D eigenvalue weighted by molar-refractivity contribution is 0.434. The summed E-state index contributed by atoms with van der Waals surface area (Å²) >= 11 is 0. The van der Waals surface area contributed by atoms with Crippen LogP contribution in [-0.4, -0.2) is 29.9 Å². The molecule has 0 radical (unpaired) electrons. The fourth-order valence-electron chi connectivity index (χ4n) is 7.10. The predicted octanol–water partition coefficient (Wildman–Crippen LogP) is 9.21. The van der Waals surface area contributed by atoms with E-state index in [-0.39, 0.29) is 0 Å². The summed E-state index contributed by atoms with van der Waals surface area (Å²) in [5.74, 6) is 2.93. The number of rotatable bonds is 6. The highest BCUT2D eigenvalue weighted by molar-refractivity contribution is 5.77. The average Bonchev–Trinajstić information content (AvgIpc) is 3.21. The maximum Gasteiger partial charge on any atom is 0.162 e. The molecule has 0 bridgehead atoms. The molecular formula is C43H28N6O. The highest BCUT2D eigenvalue weighted by atomic mass is 16.5. The van der Waals surface area contributed by atoms with Gasteiger partial charge >= 0.3 is 0 Å². The highest BCUT2D eigenvalue weighted by Crippen LogP contribution is 2.55. The van der Waals surface area contributed by atoms with Crippen LogP contribution in [-0.2, 0) is 5.41 Å². The van der Waals surface area contributed by atoms with Gasteiger partial charge in [-0.2, -0.15) is 0 Å². The Morgan fingerprint density at radius 3 is 1.20 bits per heavy atom. The zero-order valence-electron chi connectivity index (χ0n) is 26.8. The molecule has 0 fully saturated rings. The molecule has 2 aromatic heterocycles. The monoisotopic (exact) mass is 644 g/mol. The fraction of sp³-hybridized carbons (Fsp3) is 0.0233. The Morgan fingerprint density at radius 1 is 0.360 bits per heavy atom. The first-order valence-corrected chi connectivity index (χ1v) is 16.3. The maximum absolute atomic E-state index is 6.60. The lowest BCUT2D eigenvalue weighted by Crippen LogP contribution is -2.34. The third-order valence-corrected chi connectivity index (χ3v) is 9.29. The van der Waals surface area contributed by atoms with E-state index in [1.54, 1.807) is 0 Å². The van der Waals surface area contributed by atoms with Crippen molar-refractivity contribution in [2.75, 3.05) is 0 Å². The lowest BCUT2D eigenvalue weighted by atomic mass is 9.63. The van der Waals surface area contributed by atoms with E-state index in [0.29, 0.717) is 11.6 Å². The van der Waals surface area contributed by atoms with Crippen molar-refractivity contribution in [1.29, 1.82) is 0 Å². The van der Waals surface area contributed by atoms with Gasteiger partial charge in [-0.1, -0.05) is 109 Å². The number of fused-ring (bicyclic) bond motifs is 2. The minimum atomic E-state index is -0.699. The van der Waals surface area contributed by atoms with Crippen LogP contribution in [0, 0.1) is 0 Å². The third-order valence-electron chi connectivity index (χ3n) is 9.29. The summed E-state index contributed by atoms with van der Waals surface area (Å²) in [6, 6.07) is 51.1. The van der Waals surface area contributed by atoms with Gasteiger partial charge in [0, 0.05) is 22.3 Å². The van der Waals surface area contributed by atoms with Crippen molar-refractivity contribution in [2.45, 2.75) is 5.41 Å². The number of benzene rings is 6. The van der Waals surface area contributed by atoms with Crippen molar-refractivity contribution in [2.24, 2.45) is 0 Å². The van der Waals surface area contributed by atoms with Gasteiger partial charge in [-0.3, -0.25) is 0 Å². The standard InChI is InChI=1S/C43H28N6O/c1-3-19-39-37(17-1)43(38-18-2-4-20-40(38)50-39,35-15-7-11-31(23-35)29-9-5-13-33(21-29)41-46-25-44-26-47-41)36-16-8-12-32(24-36)30-10-6-14-34(22-30)42-48-27-45-28-49-42/h1-28H. The number of para-hydroxylation sites is 2. The van der Waals surface area contributed by atoms with Gasteiger partial charge in [0.2, 0.25) is 0 Å². The summed E-state index contributed by atoms with van der Waals surface area (Å²) in [5, 5.41) is 0. The summed E-state index contributed by atoms with van der Waals surface area (Å²) in [6.45, 7) is 0. The SMILES string of the molecule is c1cc(-c2cccc(C3(c4cccc(-c5cccc(-c6ncncn6)c5)c4)c4ccccc4Oc4ccccc43)c2)cc(-c2ncncn2)c1. The molecule has 1 aliphatic rings. The molecule has 6 aromatic carbocycles. The number of hydrogen-bond donors (Lipinski definition) is 0. The average molecular weight is 645 g/mol. The van der Waals surface area contributed by atoms with Crippen molar-refractivity contribution in [1.82, 2.24) is 29.9 Å². The van der Waals surface area contributed by atoms with Crippen molar-refractivity contribution in [3.05, 3.63) is 193 Å². The van der Waals surface area contributed by atoms with Crippen LogP contribution in [0.5, 0.6) is 11.5 Å². The molecule has 236 valence electrons. The molecule has 0 N–H and O–H groups in total. The first kappa shape index (κ1) is 29.3. The third kappa shape index (κ3) is 5.00. The summed E-state index contributed by atoms with van der Waals surface area (Å²) < 4.78 is 6.60. The lowest BCUT2D eigenvalue weighted by Gasteiger charge is -2.41. The Labute approximate surface area is 289 Å². The molecule has 0 aliphatic carbocycles. The molecule has 7 heteroatoms. The minimum Gasteiger partial charge on any atom is -0.457 e. The van der Waals surface area contributed by atoms with E-state index in [1.807, 2.05) is 36.4 Å². The van der Waals surface area contributed by atoms with Gasteiger partial charge in [-0.05, 0) is 69.8 Å². The van der Waals surface area contributed by atoms with Crippen LogP contribution in [0.2, 0.25) is 0 Å². The van der Waals surface area contributed by atoms with Crippen LogP contribution in [0.15, 0.2) is 171 Å². The zero-order valence-corrected chi connectivity index (χ0v) is 26.8. The molecule has 0 atom stereocenters. The number of ether oxygens (including phenoxy) is 1. The van der Waals surface area contributed by atoms with Crippen LogP contribution in [0.25, 0.3) is 45.0 Å². The number of hydrogen-bond acceptors (Lipinski definition) is 7. The molecule has 0 spiro atoms. The fourth-order valence-corrected chi connectivity index (χ4v) is 7.10. The molecule has 9 rings (SSSR count). The molecule has 0 saturated heterocycles. The predicted molar refractivity (Wildman–Crippen MR) is 193 cm³/mol. The number of nitrogens with zero attached hydrogens (tertiary/aromatic N) is 6. The Bertz CT molecular complexity index is 2310. The van der Waals surface area contributed by atoms with E-state index in [0.717, 1.165) is 67.1 Å². The van der Waals surface area contributed by atoms with Gasteiger partial charge in [0.1, 0.15) is 36.8 Å². The minimum absolute atomic E-state index is 0.637. The van der Waals surface area contributed by atoms with Gasteiger partial charge in [0.15, 0.2) is 11.6 Å². The summed E-state index contributed by atoms with van der Waals surface area (Å²) in [7, 11) is 0. The van der Waals surface area contributed by atoms with Crippen molar-refractivity contribution in [3.63, 3.8) is 0 Å². The smallest absolute Gasteiger partial charge is 0.162 e. The summed E-state index contributed by atoms with van der Waals surface area (Å²) in [6.07, 6.45) is 6.10. The molecule has 0 saturated carbocycles. The Hall–Kier alpha value is -6.86. The second-order valence-electron chi connectivity index (χ2n) is 12.1. The van der Waals surface area contributed by atoms with Crippen LogP contribution >= 0.6 is 0 Å². The quantitative estimate of drug-likeness (QED) is 0.178. The molecule has 0 unspecified atom stereocenters. The van der Waals surface area contributed by atoms with E-state index in [4.69, 9.17) is 4.74 Å². The number of aromatic nitrogens is 6. The van der Waals surface area contributed by atoms with Gasteiger partial charge in [-0.25, -0.2) is 29.9 Å². The van der Waals surface area contributed by atoms with Gasteiger partial charge in [0.25, 0.3) is 0 Å². The largest absolute Gasteiger partial charge is 0.457 e. The van der Waals surface area contributed by atoms with Crippen molar-refractivity contribution >= 4 is 0 Å². The van der Waals surface area contributed by atoms with Crippen LogP contribution in [0.3, 0.4) is 0 Å². The van der Waals surface area contributed by atoms with Gasteiger partial charge < -0.3 is 4.74 Å². The van der Waals surface area contributed by atoms with E-state index in [2.05, 4.69) is 139 Å². The Balaban J connectivity index is 1.26. The van der Waals surface area contributed by atoms with Crippen LogP contribution in [0.1, 0.15) is 22.3 Å². The topological polar surface area (TPSA) is 86.6 Å². The molecule has 3 heterocycles. The first-order valence-electron chi connectivity index (χ1n) is 16.3. The van der Waals surface area contributed by atoms with E-state index >= 15 is 0 Å². The second kappa shape index (κ2) is 12.3. The van der Waals surface area contributed by atoms with Crippen molar-refractivity contribution < 1.29 is 4.74 Å². The van der Waals surface area contributed by atoms with Crippen LogP contribution in [0.4, 0.5) is 0 Å². The molecular weight excluding hydrogens is 617 g/mol. The summed E-state index contributed by atoms with van der Waals surface area (Å²) in [5.41, 5.74) is 9.86.